The van der Waals surface area contributed by atoms with Crippen molar-refractivity contribution in [3.8, 4) is 5.69 Å². The Morgan fingerprint density at radius 3 is 2.38 bits per heavy atom. The number of hydrogen-bond donors (Lipinski definition) is 0. The van der Waals surface area contributed by atoms with Crippen molar-refractivity contribution < 1.29 is 0 Å². The van der Waals surface area contributed by atoms with Crippen molar-refractivity contribution in [2.24, 2.45) is 5.92 Å². The molecule has 4 nitrogen and oxygen atoms in total. The van der Waals surface area contributed by atoms with Gasteiger partial charge in [-0.2, -0.15) is 0 Å². The Balaban J connectivity index is 2.46. The van der Waals surface area contributed by atoms with Crippen LogP contribution in [0.25, 0.3) is 5.69 Å². The number of rotatable bonds is 4. The molecule has 0 saturated heterocycles. The van der Waals surface area contributed by atoms with E-state index in [0.29, 0.717) is 12.5 Å². The first-order valence-corrected chi connectivity index (χ1v) is 7.30. The number of aromatic nitrogens is 2. The summed E-state index contributed by atoms with van der Waals surface area (Å²) >= 11 is 0. The van der Waals surface area contributed by atoms with Crippen LogP contribution in [-0.2, 0) is 6.54 Å². The molecule has 0 atom stereocenters. The van der Waals surface area contributed by atoms with Crippen LogP contribution < -0.4 is 11.1 Å². The van der Waals surface area contributed by atoms with Gasteiger partial charge in [-0.1, -0.05) is 31.5 Å². The summed E-state index contributed by atoms with van der Waals surface area (Å²) in [4.78, 5) is 24.5. The summed E-state index contributed by atoms with van der Waals surface area (Å²) in [5.74, 6) is 0.499. The van der Waals surface area contributed by atoms with E-state index in [0.717, 1.165) is 23.2 Å². The molecule has 4 heteroatoms. The molecule has 0 aliphatic carbocycles. The standard InChI is InChI=1S/C17H22N2O2/c1-12(2)7-8-18-9-10-19(17(21)16(18)20)15-6-5-13(3)11-14(15)4/h5-6,9-12H,7-8H2,1-4H3. The van der Waals surface area contributed by atoms with Crippen molar-refractivity contribution in [3.63, 3.8) is 0 Å². The fraction of sp³-hybridized carbons (Fsp3) is 0.412. The molecule has 0 aliphatic heterocycles. The molecule has 0 amide bonds. The van der Waals surface area contributed by atoms with Gasteiger partial charge >= 0.3 is 11.1 Å². The molecule has 1 heterocycles. The fourth-order valence-electron chi connectivity index (χ4n) is 2.35. The van der Waals surface area contributed by atoms with Crippen molar-refractivity contribution in [1.29, 1.82) is 0 Å². The second-order valence-corrected chi connectivity index (χ2v) is 5.94. The molecule has 1 aromatic heterocycles. The molecule has 0 radical (unpaired) electrons. The Morgan fingerprint density at radius 2 is 1.76 bits per heavy atom. The van der Waals surface area contributed by atoms with Gasteiger partial charge in [0, 0.05) is 18.9 Å². The van der Waals surface area contributed by atoms with Crippen molar-refractivity contribution in [2.45, 2.75) is 40.7 Å². The van der Waals surface area contributed by atoms with Gasteiger partial charge in [-0.15, -0.1) is 0 Å². The van der Waals surface area contributed by atoms with Gasteiger partial charge in [0.25, 0.3) is 0 Å². The highest BCUT2D eigenvalue weighted by Crippen LogP contribution is 2.13. The van der Waals surface area contributed by atoms with Crippen molar-refractivity contribution in [3.05, 3.63) is 62.4 Å². The third-order valence-electron chi connectivity index (χ3n) is 3.62. The SMILES string of the molecule is Cc1ccc(-n2ccn(CCC(C)C)c(=O)c2=O)c(C)c1. The van der Waals surface area contributed by atoms with E-state index in [-0.39, 0.29) is 0 Å². The highest BCUT2D eigenvalue weighted by molar-refractivity contribution is 5.42. The fourth-order valence-corrected chi connectivity index (χ4v) is 2.35. The van der Waals surface area contributed by atoms with Gasteiger partial charge in [0.15, 0.2) is 0 Å². The van der Waals surface area contributed by atoms with Crippen LogP contribution in [0, 0.1) is 19.8 Å². The Bertz CT molecular complexity index is 754. The van der Waals surface area contributed by atoms with Crippen molar-refractivity contribution in [2.75, 3.05) is 0 Å². The molecule has 0 spiro atoms. The molecular formula is C17H22N2O2. The van der Waals surface area contributed by atoms with E-state index in [9.17, 15) is 9.59 Å². The quantitative estimate of drug-likeness (QED) is 0.811. The predicted octanol–water partition coefficient (Wildman–Crippen LogP) is 2.66. The van der Waals surface area contributed by atoms with Crippen LogP contribution in [0.1, 0.15) is 31.4 Å². The second kappa shape index (κ2) is 6.12. The van der Waals surface area contributed by atoms with Gasteiger partial charge in [0.1, 0.15) is 0 Å². The zero-order valence-electron chi connectivity index (χ0n) is 13.1. The average Bonchev–Trinajstić information content (AvgIpc) is 2.41. The number of aryl methyl sites for hydroxylation is 3. The summed E-state index contributed by atoms with van der Waals surface area (Å²) in [6.45, 7) is 8.73. The van der Waals surface area contributed by atoms with Crippen molar-refractivity contribution >= 4 is 0 Å². The first kappa shape index (κ1) is 15.3. The maximum Gasteiger partial charge on any atom is 0.320 e. The average molecular weight is 286 g/mol. The lowest BCUT2D eigenvalue weighted by atomic mass is 10.1. The van der Waals surface area contributed by atoms with Gasteiger partial charge in [0.2, 0.25) is 0 Å². The van der Waals surface area contributed by atoms with E-state index in [1.165, 1.54) is 9.13 Å². The topological polar surface area (TPSA) is 44.0 Å². The van der Waals surface area contributed by atoms with Gasteiger partial charge in [-0.3, -0.25) is 14.2 Å². The third-order valence-corrected chi connectivity index (χ3v) is 3.62. The number of benzene rings is 1. The minimum absolute atomic E-state index is 0.460. The Labute approximate surface area is 124 Å². The smallest absolute Gasteiger partial charge is 0.309 e. The molecule has 0 bridgehead atoms. The van der Waals surface area contributed by atoms with Crippen molar-refractivity contribution in [1.82, 2.24) is 9.13 Å². The molecule has 0 aliphatic rings. The highest BCUT2D eigenvalue weighted by Gasteiger charge is 2.09. The highest BCUT2D eigenvalue weighted by atomic mass is 16.2. The molecule has 1 aromatic carbocycles. The molecule has 0 fully saturated rings. The minimum atomic E-state index is -0.492. The molecule has 0 N–H and O–H groups in total. The van der Waals surface area contributed by atoms with Crippen LogP contribution in [0.5, 0.6) is 0 Å². The van der Waals surface area contributed by atoms with Crippen LogP contribution in [0.3, 0.4) is 0 Å². The Morgan fingerprint density at radius 1 is 1.05 bits per heavy atom. The Hall–Kier alpha value is -2.10. The van der Waals surface area contributed by atoms with Crippen LogP contribution in [-0.4, -0.2) is 9.13 Å². The van der Waals surface area contributed by atoms with Crippen LogP contribution in [0.2, 0.25) is 0 Å². The summed E-state index contributed by atoms with van der Waals surface area (Å²) in [5.41, 5.74) is 1.93. The molecule has 112 valence electrons. The van der Waals surface area contributed by atoms with E-state index < -0.39 is 11.1 Å². The summed E-state index contributed by atoms with van der Waals surface area (Å²) in [6.07, 6.45) is 4.26. The molecule has 21 heavy (non-hydrogen) atoms. The monoisotopic (exact) mass is 286 g/mol. The zero-order chi connectivity index (χ0) is 15.6. The van der Waals surface area contributed by atoms with Crippen LogP contribution >= 0.6 is 0 Å². The summed E-state index contributed by atoms with van der Waals surface area (Å²) < 4.78 is 2.94. The van der Waals surface area contributed by atoms with E-state index in [1.807, 2.05) is 32.0 Å². The molecular weight excluding hydrogens is 264 g/mol. The van der Waals surface area contributed by atoms with Crippen LogP contribution in [0.15, 0.2) is 40.2 Å². The summed E-state index contributed by atoms with van der Waals surface area (Å²) in [5, 5.41) is 0. The van der Waals surface area contributed by atoms with Gasteiger partial charge in [0.05, 0.1) is 5.69 Å². The zero-order valence-corrected chi connectivity index (χ0v) is 13.1. The Kier molecular flexibility index (Phi) is 4.46. The predicted molar refractivity (Wildman–Crippen MR) is 85.2 cm³/mol. The van der Waals surface area contributed by atoms with Crippen LogP contribution in [0.4, 0.5) is 0 Å². The lowest BCUT2D eigenvalue weighted by Crippen LogP contribution is -2.40. The number of hydrogen-bond acceptors (Lipinski definition) is 2. The first-order valence-electron chi connectivity index (χ1n) is 7.30. The first-order chi connectivity index (χ1) is 9.90. The third kappa shape index (κ3) is 3.32. The maximum atomic E-state index is 12.3. The lowest BCUT2D eigenvalue weighted by molar-refractivity contribution is 0.503. The van der Waals surface area contributed by atoms with E-state index in [1.54, 1.807) is 12.4 Å². The van der Waals surface area contributed by atoms with Gasteiger partial charge in [-0.05, 0) is 37.8 Å². The van der Waals surface area contributed by atoms with E-state index >= 15 is 0 Å². The number of nitrogens with zero attached hydrogens (tertiary/aromatic N) is 2. The second-order valence-electron chi connectivity index (χ2n) is 5.94. The summed E-state index contributed by atoms with van der Waals surface area (Å²) in [7, 11) is 0. The van der Waals surface area contributed by atoms with E-state index in [4.69, 9.17) is 0 Å². The van der Waals surface area contributed by atoms with Gasteiger partial charge in [-0.25, -0.2) is 0 Å². The lowest BCUT2D eigenvalue weighted by Gasteiger charge is -2.12. The molecule has 0 saturated carbocycles. The molecule has 0 unspecified atom stereocenters. The van der Waals surface area contributed by atoms with E-state index in [2.05, 4.69) is 13.8 Å². The minimum Gasteiger partial charge on any atom is -0.309 e. The summed E-state index contributed by atoms with van der Waals surface area (Å²) in [6, 6.07) is 5.83. The molecule has 2 rings (SSSR count). The normalized spacial score (nSPS) is 11.1. The largest absolute Gasteiger partial charge is 0.320 e. The molecule has 2 aromatic rings. The van der Waals surface area contributed by atoms with Gasteiger partial charge < -0.3 is 4.57 Å². The maximum absolute atomic E-state index is 12.3.